The van der Waals surface area contributed by atoms with Crippen molar-refractivity contribution in [2.45, 2.75) is 38.8 Å². The van der Waals surface area contributed by atoms with E-state index in [2.05, 4.69) is 33.6 Å². The van der Waals surface area contributed by atoms with E-state index in [0.29, 0.717) is 17.4 Å². The van der Waals surface area contributed by atoms with E-state index in [1.54, 1.807) is 0 Å². The molecule has 0 spiro atoms. The maximum absolute atomic E-state index is 5.94. The summed E-state index contributed by atoms with van der Waals surface area (Å²) in [5.74, 6) is 1.01. The summed E-state index contributed by atoms with van der Waals surface area (Å²) in [4.78, 5) is 13.5. The van der Waals surface area contributed by atoms with Gasteiger partial charge in [0, 0.05) is 36.9 Å². The molecular formula is C13H19ClN4. The molecule has 18 heavy (non-hydrogen) atoms. The van der Waals surface area contributed by atoms with Crippen molar-refractivity contribution in [2.24, 2.45) is 0 Å². The molecule has 0 aliphatic carbocycles. The molecule has 0 bridgehead atoms. The third kappa shape index (κ3) is 2.08. The highest BCUT2D eigenvalue weighted by molar-refractivity contribution is 6.28. The van der Waals surface area contributed by atoms with Crippen LogP contribution in [0, 0.1) is 6.92 Å². The van der Waals surface area contributed by atoms with E-state index in [4.69, 9.17) is 11.6 Å². The Labute approximate surface area is 113 Å². The van der Waals surface area contributed by atoms with Crippen LogP contribution < -0.4 is 4.90 Å². The minimum Gasteiger partial charge on any atom is -0.351 e. The average molecular weight is 267 g/mol. The van der Waals surface area contributed by atoms with Gasteiger partial charge in [-0.05, 0) is 44.8 Å². The summed E-state index contributed by atoms with van der Waals surface area (Å²) in [6.45, 7) is 7.77. The van der Waals surface area contributed by atoms with Gasteiger partial charge in [-0.2, -0.15) is 0 Å². The molecule has 98 valence electrons. The highest BCUT2D eigenvalue weighted by Gasteiger charge is 2.35. The monoisotopic (exact) mass is 266 g/mol. The zero-order chi connectivity index (χ0) is 12.7. The molecule has 1 aromatic heterocycles. The standard InChI is InChI=1S/C13H19ClN4/c1-9-6-15-13(14)16-12(9)18-8-11-4-3-5-17(11)7-10(18)2/h6,10-11H,3-5,7-8H2,1-2H3. The summed E-state index contributed by atoms with van der Waals surface area (Å²) in [7, 11) is 0. The zero-order valence-corrected chi connectivity index (χ0v) is 11.7. The fourth-order valence-corrected chi connectivity index (χ4v) is 3.31. The number of hydrogen-bond donors (Lipinski definition) is 0. The number of hydrogen-bond acceptors (Lipinski definition) is 4. The highest BCUT2D eigenvalue weighted by Crippen LogP contribution is 2.29. The molecule has 0 N–H and O–H groups in total. The van der Waals surface area contributed by atoms with Gasteiger partial charge in [0.15, 0.2) is 0 Å². The number of piperazine rings is 1. The third-order valence-electron chi connectivity index (χ3n) is 4.12. The van der Waals surface area contributed by atoms with E-state index >= 15 is 0 Å². The lowest BCUT2D eigenvalue weighted by Gasteiger charge is -2.43. The maximum atomic E-state index is 5.94. The Hall–Kier alpha value is -0.870. The number of aromatic nitrogens is 2. The van der Waals surface area contributed by atoms with Crippen LogP contribution in [0.25, 0.3) is 0 Å². The predicted molar refractivity (Wildman–Crippen MR) is 73.2 cm³/mol. The number of rotatable bonds is 1. The van der Waals surface area contributed by atoms with Crippen molar-refractivity contribution >= 4 is 17.4 Å². The number of anilines is 1. The van der Waals surface area contributed by atoms with E-state index in [1.165, 1.54) is 19.4 Å². The van der Waals surface area contributed by atoms with Gasteiger partial charge in [-0.15, -0.1) is 0 Å². The first kappa shape index (κ1) is 12.2. The second-order valence-corrected chi connectivity index (χ2v) is 5.78. The van der Waals surface area contributed by atoms with Crippen LogP contribution in [0.2, 0.25) is 5.28 Å². The number of fused-ring (bicyclic) bond motifs is 1. The topological polar surface area (TPSA) is 32.3 Å². The van der Waals surface area contributed by atoms with Gasteiger partial charge in [-0.25, -0.2) is 9.97 Å². The number of nitrogens with zero attached hydrogens (tertiary/aromatic N) is 4. The van der Waals surface area contributed by atoms with Crippen molar-refractivity contribution in [3.8, 4) is 0 Å². The van der Waals surface area contributed by atoms with Gasteiger partial charge in [0.05, 0.1) is 0 Å². The van der Waals surface area contributed by atoms with Crippen LogP contribution in [0.1, 0.15) is 25.3 Å². The summed E-state index contributed by atoms with van der Waals surface area (Å²) in [6, 6.07) is 1.18. The fourth-order valence-electron chi connectivity index (χ4n) is 3.19. The van der Waals surface area contributed by atoms with Gasteiger partial charge in [0.25, 0.3) is 0 Å². The molecule has 0 saturated carbocycles. The molecule has 4 nitrogen and oxygen atoms in total. The second kappa shape index (κ2) is 4.67. The van der Waals surface area contributed by atoms with Crippen LogP contribution >= 0.6 is 11.6 Å². The van der Waals surface area contributed by atoms with Crippen molar-refractivity contribution in [2.75, 3.05) is 24.5 Å². The zero-order valence-electron chi connectivity index (χ0n) is 10.9. The minimum atomic E-state index is 0.344. The van der Waals surface area contributed by atoms with Gasteiger partial charge < -0.3 is 4.90 Å². The van der Waals surface area contributed by atoms with Crippen molar-refractivity contribution in [1.29, 1.82) is 0 Å². The summed E-state index contributed by atoms with van der Waals surface area (Å²) in [5, 5.41) is 0.344. The third-order valence-corrected chi connectivity index (χ3v) is 4.31. The molecule has 2 atom stereocenters. The van der Waals surface area contributed by atoms with E-state index in [1.807, 2.05) is 6.20 Å². The first-order valence-corrected chi connectivity index (χ1v) is 7.03. The van der Waals surface area contributed by atoms with Crippen LogP contribution in [-0.4, -0.2) is 46.6 Å². The summed E-state index contributed by atoms with van der Waals surface area (Å²) in [6.07, 6.45) is 4.45. The molecule has 0 radical (unpaired) electrons. The van der Waals surface area contributed by atoms with Crippen LogP contribution in [0.3, 0.4) is 0 Å². The molecule has 3 heterocycles. The van der Waals surface area contributed by atoms with Gasteiger partial charge in [-0.1, -0.05) is 0 Å². The second-order valence-electron chi connectivity index (χ2n) is 5.44. The molecule has 0 amide bonds. The van der Waals surface area contributed by atoms with E-state index in [-0.39, 0.29) is 0 Å². The molecule has 2 fully saturated rings. The lowest BCUT2D eigenvalue weighted by molar-refractivity contribution is 0.202. The van der Waals surface area contributed by atoms with Crippen LogP contribution in [0.15, 0.2) is 6.20 Å². The van der Waals surface area contributed by atoms with Crippen molar-refractivity contribution in [3.63, 3.8) is 0 Å². The molecule has 5 heteroatoms. The average Bonchev–Trinajstić information content (AvgIpc) is 2.78. The van der Waals surface area contributed by atoms with E-state index < -0.39 is 0 Å². The molecule has 2 aliphatic heterocycles. The molecule has 2 saturated heterocycles. The quantitative estimate of drug-likeness (QED) is 0.729. The highest BCUT2D eigenvalue weighted by atomic mass is 35.5. The SMILES string of the molecule is Cc1cnc(Cl)nc1N1CC2CCCN2CC1C. The number of aryl methyl sites for hydroxylation is 1. The largest absolute Gasteiger partial charge is 0.351 e. The van der Waals surface area contributed by atoms with E-state index in [9.17, 15) is 0 Å². The van der Waals surface area contributed by atoms with Crippen LogP contribution in [-0.2, 0) is 0 Å². The van der Waals surface area contributed by atoms with Crippen LogP contribution in [0.4, 0.5) is 5.82 Å². The van der Waals surface area contributed by atoms with Gasteiger partial charge in [-0.3, -0.25) is 4.90 Å². The molecule has 1 aromatic rings. The van der Waals surface area contributed by atoms with Gasteiger partial charge in [0.2, 0.25) is 5.28 Å². The minimum absolute atomic E-state index is 0.344. The Bertz CT molecular complexity index is 451. The van der Waals surface area contributed by atoms with Crippen LogP contribution in [0.5, 0.6) is 0 Å². The smallest absolute Gasteiger partial charge is 0.224 e. The van der Waals surface area contributed by atoms with Crippen molar-refractivity contribution in [3.05, 3.63) is 17.0 Å². The summed E-state index contributed by atoms with van der Waals surface area (Å²) >= 11 is 5.94. The Kier molecular flexibility index (Phi) is 3.16. The van der Waals surface area contributed by atoms with Gasteiger partial charge in [0.1, 0.15) is 5.82 Å². The number of halogens is 1. The normalized spacial score (nSPS) is 28.5. The Balaban J connectivity index is 1.88. The molecule has 3 rings (SSSR count). The Morgan fingerprint density at radius 3 is 3.06 bits per heavy atom. The predicted octanol–water partition coefficient (Wildman–Crippen LogP) is 2.11. The van der Waals surface area contributed by atoms with Crippen molar-refractivity contribution in [1.82, 2.24) is 14.9 Å². The Morgan fingerprint density at radius 2 is 2.22 bits per heavy atom. The fraction of sp³-hybridized carbons (Fsp3) is 0.692. The molecule has 2 aliphatic rings. The Morgan fingerprint density at radius 1 is 1.39 bits per heavy atom. The maximum Gasteiger partial charge on any atom is 0.224 e. The van der Waals surface area contributed by atoms with Gasteiger partial charge >= 0.3 is 0 Å². The lowest BCUT2D eigenvalue weighted by Crippen LogP contribution is -2.55. The molecule has 2 unspecified atom stereocenters. The molecule has 0 aromatic carbocycles. The van der Waals surface area contributed by atoms with E-state index in [0.717, 1.165) is 24.5 Å². The first-order valence-electron chi connectivity index (χ1n) is 6.65. The summed E-state index contributed by atoms with van der Waals surface area (Å²) in [5.41, 5.74) is 1.11. The van der Waals surface area contributed by atoms with Crippen molar-refractivity contribution < 1.29 is 0 Å². The first-order chi connectivity index (χ1) is 8.65. The molecular weight excluding hydrogens is 248 g/mol. The lowest BCUT2D eigenvalue weighted by atomic mass is 10.1. The summed E-state index contributed by atoms with van der Waals surface area (Å²) < 4.78 is 0.